The molecule has 230 valence electrons. The lowest BCUT2D eigenvalue weighted by Crippen LogP contribution is -2.21. The van der Waals surface area contributed by atoms with Crippen molar-refractivity contribution in [2.45, 2.75) is 26.8 Å². The third-order valence-corrected chi connectivity index (χ3v) is 7.53. The summed E-state index contributed by atoms with van der Waals surface area (Å²) in [7, 11) is -3.49. The molecule has 0 radical (unpaired) electrons. The van der Waals surface area contributed by atoms with Crippen LogP contribution in [0.25, 0.3) is 55.8 Å². The normalized spacial score (nSPS) is 12.0. The summed E-state index contributed by atoms with van der Waals surface area (Å²) < 4.78 is 56.2. The molecule has 5 heterocycles. The van der Waals surface area contributed by atoms with E-state index in [1.165, 1.54) is 43.1 Å². The fourth-order valence-corrected chi connectivity index (χ4v) is 5.38. The molecule has 5 aromatic heterocycles. The van der Waals surface area contributed by atoms with E-state index in [-0.39, 0.29) is 41.0 Å². The summed E-state index contributed by atoms with van der Waals surface area (Å²) in [6.07, 6.45) is 8.77. The van der Waals surface area contributed by atoms with Gasteiger partial charge in [-0.1, -0.05) is 13.8 Å². The second-order valence-electron chi connectivity index (χ2n) is 11.0. The van der Waals surface area contributed by atoms with E-state index < -0.39 is 21.7 Å². The van der Waals surface area contributed by atoms with Crippen molar-refractivity contribution in [2.24, 2.45) is 5.92 Å². The molecule has 6 rings (SSSR count). The van der Waals surface area contributed by atoms with Gasteiger partial charge in [0, 0.05) is 36.5 Å². The Morgan fingerprint density at radius 1 is 0.956 bits per heavy atom. The third-order valence-electron chi connectivity index (χ3n) is 6.86. The highest BCUT2D eigenvalue weighted by atomic mass is 32.2. The van der Waals surface area contributed by atoms with E-state index in [1.807, 2.05) is 13.8 Å². The SMILES string of the molecule is CC(C)CC(=O)Nc1cncc(-c2ncc3[nH]nc(-c4nc5c(-c6cc(F)cc(CNS(C)(=O)=O)c6)cncc5[nH]4)c3c2F)c1. The molecule has 0 aliphatic carbocycles. The van der Waals surface area contributed by atoms with E-state index in [2.05, 4.69) is 45.2 Å². The monoisotopic (exact) mass is 631 g/mol. The molecule has 0 atom stereocenters. The number of sulfonamides is 1. The molecule has 0 saturated heterocycles. The zero-order valence-electron chi connectivity index (χ0n) is 24.3. The fourth-order valence-electron chi connectivity index (χ4n) is 4.95. The first kappa shape index (κ1) is 29.9. The number of fused-ring (bicyclic) bond motifs is 2. The second-order valence-corrected chi connectivity index (χ2v) is 12.8. The number of halogens is 2. The van der Waals surface area contributed by atoms with Gasteiger partial charge in [0.25, 0.3) is 0 Å². The Balaban J connectivity index is 1.39. The lowest BCUT2D eigenvalue weighted by molar-refractivity contribution is -0.116. The van der Waals surface area contributed by atoms with Crippen molar-refractivity contribution in [3.63, 3.8) is 0 Å². The number of nitrogens with zero attached hydrogens (tertiary/aromatic N) is 5. The number of carbonyl (C=O) groups excluding carboxylic acids is 1. The third kappa shape index (κ3) is 6.39. The maximum Gasteiger partial charge on any atom is 0.224 e. The highest BCUT2D eigenvalue weighted by molar-refractivity contribution is 7.88. The summed E-state index contributed by atoms with van der Waals surface area (Å²) in [5, 5.41) is 10.00. The molecular weight excluding hydrogens is 604 g/mol. The summed E-state index contributed by atoms with van der Waals surface area (Å²) in [6, 6.07) is 5.77. The van der Waals surface area contributed by atoms with Crippen LogP contribution >= 0.6 is 0 Å². The van der Waals surface area contributed by atoms with Gasteiger partial charge in [-0.25, -0.2) is 26.9 Å². The summed E-state index contributed by atoms with van der Waals surface area (Å²) in [6.45, 7) is 3.77. The molecular formula is C30H27F2N9O3S. The average Bonchev–Trinajstić information content (AvgIpc) is 3.60. The van der Waals surface area contributed by atoms with Crippen molar-refractivity contribution in [1.29, 1.82) is 0 Å². The van der Waals surface area contributed by atoms with E-state index in [4.69, 9.17) is 0 Å². The van der Waals surface area contributed by atoms with E-state index in [9.17, 15) is 17.6 Å². The van der Waals surface area contributed by atoms with Gasteiger partial charge in [-0.2, -0.15) is 5.10 Å². The Hall–Kier alpha value is -5.15. The number of benzene rings is 1. The van der Waals surface area contributed by atoms with Gasteiger partial charge in [-0.15, -0.1) is 0 Å². The number of carbonyl (C=O) groups is 1. The quantitative estimate of drug-likeness (QED) is 0.174. The number of H-pyrrole nitrogens is 2. The molecule has 0 aliphatic rings. The first-order valence-electron chi connectivity index (χ1n) is 13.8. The molecule has 6 aromatic rings. The molecule has 0 saturated carbocycles. The Morgan fingerprint density at radius 2 is 1.76 bits per heavy atom. The minimum absolute atomic E-state index is 0.00562. The van der Waals surface area contributed by atoms with Crippen molar-refractivity contribution in [3.05, 3.63) is 72.4 Å². The number of rotatable bonds is 9. The Morgan fingerprint density at radius 3 is 2.53 bits per heavy atom. The number of nitrogens with one attached hydrogen (secondary N) is 4. The highest BCUT2D eigenvalue weighted by Crippen LogP contribution is 2.35. The molecule has 1 aromatic carbocycles. The van der Waals surface area contributed by atoms with Crippen LogP contribution in [-0.4, -0.2) is 55.7 Å². The molecule has 0 spiro atoms. The zero-order chi connectivity index (χ0) is 31.9. The average molecular weight is 632 g/mol. The number of hydrogen-bond donors (Lipinski definition) is 4. The van der Waals surface area contributed by atoms with Crippen LogP contribution in [0.4, 0.5) is 14.5 Å². The van der Waals surface area contributed by atoms with E-state index >= 15 is 4.39 Å². The number of imidazole rings is 1. The molecule has 0 fully saturated rings. The standard InChI is InChI=1S/C30H27F2N9O3S/c1-15(2)4-24(42)37-20-8-18(10-33-11-20)27-26(32)25-22(14-35-27)40-41-29(25)30-38-23-13-34-12-21(28(23)39-30)17-5-16(6-19(31)7-17)9-36-45(3,43)44/h5-8,10-15,36H,4,9H2,1-3H3,(H,37,42)(H,38,39)(H,40,41). The lowest BCUT2D eigenvalue weighted by atomic mass is 10.0. The summed E-state index contributed by atoms with van der Waals surface area (Å²) in [4.78, 5) is 32.8. The topological polar surface area (TPSA) is 171 Å². The number of amides is 1. The minimum Gasteiger partial charge on any atom is -0.335 e. The van der Waals surface area contributed by atoms with Crippen molar-refractivity contribution >= 4 is 43.6 Å². The predicted octanol–water partition coefficient (Wildman–Crippen LogP) is 4.94. The molecule has 4 N–H and O–H groups in total. The van der Waals surface area contributed by atoms with Gasteiger partial charge in [-0.05, 0) is 41.3 Å². The predicted molar refractivity (Wildman–Crippen MR) is 165 cm³/mol. The molecule has 0 aliphatic heterocycles. The lowest BCUT2D eigenvalue weighted by Gasteiger charge is -2.09. The van der Waals surface area contributed by atoms with Gasteiger partial charge >= 0.3 is 0 Å². The number of aromatic nitrogens is 7. The van der Waals surface area contributed by atoms with Gasteiger partial charge < -0.3 is 10.3 Å². The maximum absolute atomic E-state index is 16.2. The van der Waals surface area contributed by atoms with Crippen LogP contribution in [0.1, 0.15) is 25.8 Å². The van der Waals surface area contributed by atoms with E-state index in [0.29, 0.717) is 50.9 Å². The van der Waals surface area contributed by atoms with Crippen LogP contribution in [-0.2, 0) is 21.4 Å². The zero-order valence-corrected chi connectivity index (χ0v) is 25.1. The van der Waals surface area contributed by atoms with Gasteiger partial charge in [0.2, 0.25) is 15.9 Å². The Bertz CT molecular complexity index is 2200. The molecule has 0 unspecified atom stereocenters. The van der Waals surface area contributed by atoms with Crippen molar-refractivity contribution in [3.8, 4) is 33.9 Å². The molecule has 12 nitrogen and oxygen atoms in total. The van der Waals surface area contributed by atoms with Crippen LogP contribution in [0.15, 0.2) is 55.2 Å². The number of pyridine rings is 3. The van der Waals surface area contributed by atoms with E-state index in [1.54, 1.807) is 12.1 Å². The van der Waals surface area contributed by atoms with E-state index in [0.717, 1.165) is 6.26 Å². The summed E-state index contributed by atoms with van der Waals surface area (Å²) >= 11 is 0. The van der Waals surface area contributed by atoms with Gasteiger partial charge in [0.1, 0.15) is 17.2 Å². The van der Waals surface area contributed by atoms with Crippen molar-refractivity contribution in [2.75, 3.05) is 11.6 Å². The largest absolute Gasteiger partial charge is 0.335 e. The maximum atomic E-state index is 16.2. The van der Waals surface area contributed by atoms with Crippen molar-refractivity contribution in [1.82, 2.24) is 39.8 Å². The summed E-state index contributed by atoms with van der Waals surface area (Å²) in [5.41, 5.74) is 3.49. The van der Waals surface area contributed by atoms with Crippen LogP contribution in [0, 0.1) is 17.6 Å². The molecule has 0 bridgehead atoms. The van der Waals surface area contributed by atoms with Gasteiger partial charge in [0.05, 0.1) is 52.5 Å². The van der Waals surface area contributed by atoms with Crippen LogP contribution in [0.5, 0.6) is 0 Å². The van der Waals surface area contributed by atoms with Crippen LogP contribution in [0.2, 0.25) is 0 Å². The van der Waals surface area contributed by atoms with Gasteiger partial charge in [-0.3, -0.25) is 24.8 Å². The highest BCUT2D eigenvalue weighted by Gasteiger charge is 2.22. The van der Waals surface area contributed by atoms with Crippen LogP contribution in [0.3, 0.4) is 0 Å². The fraction of sp³-hybridized carbons (Fsp3) is 0.200. The minimum atomic E-state index is -3.49. The molecule has 1 amide bonds. The Labute approximate surface area is 255 Å². The summed E-state index contributed by atoms with van der Waals surface area (Å²) in [5.74, 6) is -1.02. The second kappa shape index (κ2) is 11.7. The number of hydrogen-bond acceptors (Lipinski definition) is 8. The van der Waals surface area contributed by atoms with Crippen LogP contribution < -0.4 is 10.0 Å². The van der Waals surface area contributed by atoms with Crippen molar-refractivity contribution < 1.29 is 22.0 Å². The Kier molecular flexibility index (Phi) is 7.80. The first-order chi connectivity index (χ1) is 21.4. The molecule has 45 heavy (non-hydrogen) atoms. The van der Waals surface area contributed by atoms with Gasteiger partial charge in [0.15, 0.2) is 11.6 Å². The smallest absolute Gasteiger partial charge is 0.224 e. The molecule has 15 heteroatoms. The number of anilines is 1. The first-order valence-corrected chi connectivity index (χ1v) is 15.7. The number of aromatic amines is 2.